The lowest BCUT2D eigenvalue weighted by Gasteiger charge is -2.25. The molecule has 18 heavy (non-hydrogen) atoms. The Labute approximate surface area is 116 Å². The van der Waals surface area contributed by atoms with E-state index in [4.69, 9.17) is 32.5 Å². The molecule has 1 aliphatic rings. The molecule has 1 fully saturated rings. The van der Waals surface area contributed by atoms with E-state index in [1.807, 2.05) is 0 Å². The van der Waals surface area contributed by atoms with E-state index < -0.39 is 19.7 Å². The lowest BCUT2D eigenvalue weighted by molar-refractivity contribution is -0.145. The van der Waals surface area contributed by atoms with Crippen LogP contribution in [0.3, 0.4) is 0 Å². The van der Waals surface area contributed by atoms with E-state index in [2.05, 4.69) is 5.09 Å². The molecule has 1 heterocycles. The molecular formula is C9H17Cl2N2O4P. The summed E-state index contributed by atoms with van der Waals surface area (Å²) in [7, 11) is -3.23. The largest absolute Gasteiger partial charge is 0.465 e. The summed E-state index contributed by atoms with van der Waals surface area (Å²) in [5.41, 5.74) is 0. The molecule has 9 heteroatoms. The Kier molecular flexibility index (Phi) is 6.92. The molecule has 0 aromatic carbocycles. The number of alkyl halides is 2. The average Bonchev–Trinajstić information content (AvgIpc) is 2.73. The molecule has 0 aromatic rings. The number of rotatable bonds is 7. The highest BCUT2D eigenvalue weighted by Crippen LogP contribution is 2.50. The molecule has 0 amide bonds. The van der Waals surface area contributed by atoms with Crippen molar-refractivity contribution in [2.45, 2.75) is 13.0 Å². The molecule has 6 nitrogen and oxygen atoms in total. The number of carbonyl (C=O) groups excluding carboxylic acids is 1. The van der Waals surface area contributed by atoms with Gasteiger partial charge in [0, 0.05) is 24.8 Å². The van der Waals surface area contributed by atoms with Crippen LogP contribution in [-0.2, 0) is 18.6 Å². The molecule has 0 saturated carbocycles. The lowest BCUT2D eigenvalue weighted by Crippen LogP contribution is -2.36. The average molecular weight is 319 g/mol. The van der Waals surface area contributed by atoms with E-state index >= 15 is 0 Å². The zero-order valence-corrected chi connectivity index (χ0v) is 12.5. The van der Waals surface area contributed by atoms with E-state index in [1.54, 1.807) is 6.92 Å². The quantitative estimate of drug-likeness (QED) is 0.435. The zero-order valence-electron chi connectivity index (χ0n) is 10.1. The van der Waals surface area contributed by atoms with Gasteiger partial charge >= 0.3 is 13.6 Å². The highest BCUT2D eigenvalue weighted by molar-refractivity contribution is 7.54. The molecule has 0 aliphatic carbocycles. The molecule has 0 aromatic heterocycles. The molecule has 0 spiro atoms. The lowest BCUT2D eigenvalue weighted by atomic mass is 10.3. The summed E-state index contributed by atoms with van der Waals surface area (Å²) in [6.45, 7) is 2.74. The van der Waals surface area contributed by atoms with Crippen molar-refractivity contribution in [3.8, 4) is 0 Å². The van der Waals surface area contributed by atoms with Crippen LogP contribution in [0.1, 0.15) is 6.92 Å². The van der Waals surface area contributed by atoms with Gasteiger partial charge in [-0.25, -0.2) is 9.76 Å². The van der Waals surface area contributed by atoms with Crippen molar-refractivity contribution < 1.29 is 18.6 Å². The maximum absolute atomic E-state index is 12.5. The highest BCUT2D eigenvalue weighted by Gasteiger charge is 2.43. The van der Waals surface area contributed by atoms with Gasteiger partial charge in [-0.3, -0.25) is 9.36 Å². The fourth-order valence-electron chi connectivity index (χ4n) is 1.54. The summed E-state index contributed by atoms with van der Waals surface area (Å²) < 4.78 is 24.1. The Morgan fingerprint density at radius 3 is 2.61 bits per heavy atom. The summed E-state index contributed by atoms with van der Waals surface area (Å²) in [4.78, 5) is 11.5. The van der Waals surface area contributed by atoms with Gasteiger partial charge in [-0.15, -0.1) is 23.2 Å². The van der Waals surface area contributed by atoms with E-state index in [1.165, 1.54) is 4.67 Å². The Balaban J connectivity index is 2.65. The second-order valence-electron chi connectivity index (χ2n) is 3.58. The van der Waals surface area contributed by atoms with E-state index in [0.717, 1.165) is 0 Å². The fourth-order valence-corrected chi connectivity index (χ4v) is 4.24. The normalized spacial score (nSPS) is 27.7. The number of nitrogens with zero attached hydrogens (tertiary/aromatic N) is 1. The molecule has 0 unspecified atom stereocenters. The maximum Gasteiger partial charge on any atom is 0.344 e. The second-order valence-corrected chi connectivity index (χ2v) is 6.46. The SMILES string of the molecule is CCOC(=O)[C@H]1CO[P@@](=O)(N(CCCl)CCCl)N1. The molecule has 1 N–H and O–H groups in total. The topological polar surface area (TPSA) is 67.9 Å². The Hall–Kier alpha value is 0.160. The number of hydrogen-bond acceptors (Lipinski definition) is 4. The first-order valence-corrected chi connectivity index (χ1v) is 8.28. The number of nitrogens with one attached hydrogen (secondary N) is 1. The maximum atomic E-state index is 12.5. The van der Waals surface area contributed by atoms with Crippen molar-refractivity contribution in [1.29, 1.82) is 0 Å². The van der Waals surface area contributed by atoms with Gasteiger partial charge < -0.3 is 9.26 Å². The standard InChI is InChI=1S/C9H17Cl2N2O4P/c1-2-16-9(14)8-7-17-18(15,12-8)13(5-3-10)6-4-11/h8H,2-7H2,1H3,(H,12,15)/t8-,18-/m1/s1. The zero-order chi connectivity index (χ0) is 13.6. The third-order valence-corrected chi connectivity index (χ3v) is 4.98. The minimum Gasteiger partial charge on any atom is -0.465 e. The number of ether oxygens (including phenoxy) is 1. The fraction of sp³-hybridized carbons (Fsp3) is 0.889. The van der Waals surface area contributed by atoms with Gasteiger partial charge in [-0.05, 0) is 6.92 Å². The molecule has 0 bridgehead atoms. The second kappa shape index (κ2) is 7.68. The molecular weight excluding hydrogens is 302 g/mol. The minimum atomic E-state index is -3.23. The van der Waals surface area contributed by atoms with Crippen LogP contribution in [0.15, 0.2) is 0 Å². The van der Waals surface area contributed by atoms with Crippen LogP contribution in [-0.4, -0.2) is 54.7 Å². The molecule has 1 rings (SSSR count). The summed E-state index contributed by atoms with van der Waals surface area (Å²) >= 11 is 11.3. The van der Waals surface area contributed by atoms with Gasteiger partial charge in [0.15, 0.2) is 0 Å². The van der Waals surface area contributed by atoms with Gasteiger partial charge in [0.2, 0.25) is 0 Å². The third-order valence-electron chi connectivity index (χ3n) is 2.36. The van der Waals surface area contributed by atoms with Crippen molar-refractivity contribution in [2.24, 2.45) is 0 Å². The Morgan fingerprint density at radius 2 is 2.11 bits per heavy atom. The van der Waals surface area contributed by atoms with Crippen LogP contribution in [0, 0.1) is 0 Å². The van der Waals surface area contributed by atoms with Crippen LogP contribution in [0.2, 0.25) is 0 Å². The van der Waals surface area contributed by atoms with Gasteiger partial charge in [0.05, 0.1) is 13.2 Å². The van der Waals surface area contributed by atoms with Crippen LogP contribution >= 0.6 is 30.9 Å². The van der Waals surface area contributed by atoms with Crippen molar-refractivity contribution in [3.63, 3.8) is 0 Å². The molecule has 106 valence electrons. The molecule has 2 atom stereocenters. The predicted molar refractivity (Wildman–Crippen MR) is 70.1 cm³/mol. The first-order valence-electron chi connectivity index (χ1n) is 5.63. The molecule has 0 radical (unpaired) electrons. The third kappa shape index (κ3) is 4.08. The first-order chi connectivity index (χ1) is 8.57. The smallest absolute Gasteiger partial charge is 0.344 e. The van der Waals surface area contributed by atoms with Crippen LogP contribution in [0.25, 0.3) is 0 Å². The number of hydrogen-bond donors (Lipinski definition) is 1. The van der Waals surface area contributed by atoms with Crippen molar-refractivity contribution in [2.75, 3.05) is 38.1 Å². The Bertz CT molecular complexity index is 326. The van der Waals surface area contributed by atoms with Crippen LogP contribution in [0.5, 0.6) is 0 Å². The number of halogens is 2. The summed E-state index contributed by atoms with van der Waals surface area (Å²) in [5, 5.41) is 2.69. The summed E-state index contributed by atoms with van der Waals surface area (Å²) in [6, 6.07) is -0.705. The van der Waals surface area contributed by atoms with E-state index in [0.29, 0.717) is 24.8 Å². The van der Waals surface area contributed by atoms with Gasteiger partial charge in [-0.2, -0.15) is 0 Å². The molecule has 1 saturated heterocycles. The molecule has 1 aliphatic heterocycles. The van der Waals surface area contributed by atoms with Crippen molar-refractivity contribution in [3.05, 3.63) is 0 Å². The predicted octanol–water partition coefficient (Wildman–Crippen LogP) is 1.43. The van der Waals surface area contributed by atoms with Crippen molar-refractivity contribution >= 4 is 36.8 Å². The van der Waals surface area contributed by atoms with Gasteiger partial charge in [-0.1, -0.05) is 0 Å². The van der Waals surface area contributed by atoms with Crippen LogP contribution < -0.4 is 5.09 Å². The van der Waals surface area contributed by atoms with E-state index in [-0.39, 0.29) is 13.2 Å². The highest BCUT2D eigenvalue weighted by atomic mass is 35.5. The summed E-state index contributed by atoms with van der Waals surface area (Å²) in [5.74, 6) is 0.137. The van der Waals surface area contributed by atoms with Gasteiger partial charge in [0.25, 0.3) is 0 Å². The first kappa shape index (κ1) is 16.2. The van der Waals surface area contributed by atoms with Crippen molar-refractivity contribution in [1.82, 2.24) is 9.76 Å². The monoisotopic (exact) mass is 318 g/mol. The summed E-state index contributed by atoms with van der Waals surface area (Å²) in [6.07, 6.45) is 0. The number of esters is 1. The Morgan fingerprint density at radius 1 is 1.50 bits per heavy atom. The van der Waals surface area contributed by atoms with E-state index in [9.17, 15) is 9.36 Å². The van der Waals surface area contributed by atoms with Gasteiger partial charge in [0.1, 0.15) is 6.04 Å². The number of carbonyl (C=O) groups is 1. The minimum absolute atomic E-state index is 0.0250. The van der Waals surface area contributed by atoms with Crippen LogP contribution in [0.4, 0.5) is 0 Å².